The maximum absolute atomic E-state index is 9.52. The summed E-state index contributed by atoms with van der Waals surface area (Å²) in [5, 5.41) is 10.3. The standard InChI is InChI=1S/C16H25ClN2O/c17-15-8-4-3-7-14(15)16(18)9-11-19-10-5-1-2-6-13(19)12-20/h3-4,7-8,13,16,20H,1-2,5-6,9-12,18H2. The molecule has 0 bridgehead atoms. The summed E-state index contributed by atoms with van der Waals surface area (Å²) in [6, 6.07) is 8.05. The van der Waals surface area contributed by atoms with E-state index in [9.17, 15) is 5.11 Å². The summed E-state index contributed by atoms with van der Waals surface area (Å²) in [7, 11) is 0. The van der Waals surface area contributed by atoms with E-state index in [1.54, 1.807) is 0 Å². The lowest BCUT2D eigenvalue weighted by atomic mass is 10.0. The summed E-state index contributed by atoms with van der Waals surface area (Å²) in [5.74, 6) is 0. The first-order chi connectivity index (χ1) is 9.72. The second-order valence-corrected chi connectivity index (χ2v) is 6.05. The zero-order valence-corrected chi connectivity index (χ0v) is 12.7. The van der Waals surface area contributed by atoms with Crippen molar-refractivity contribution in [2.75, 3.05) is 19.7 Å². The highest BCUT2D eigenvalue weighted by Crippen LogP contribution is 2.24. The number of nitrogens with two attached hydrogens (primary N) is 1. The molecule has 1 heterocycles. The molecule has 0 amide bonds. The Kier molecular flexibility index (Phi) is 6.30. The molecule has 1 aliphatic rings. The van der Waals surface area contributed by atoms with E-state index in [-0.39, 0.29) is 12.6 Å². The predicted molar refractivity (Wildman–Crippen MR) is 83.9 cm³/mol. The molecule has 4 heteroatoms. The molecule has 0 aromatic heterocycles. The van der Waals surface area contributed by atoms with Crippen molar-refractivity contribution in [3.05, 3.63) is 34.9 Å². The predicted octanol–water partition coefficient (Wildman–Crippen LogP) is 2.97. The SMILES string of the molecule is NC(CCN1CCCCCC1CO)c1ccccc1Cl. The summed E-state index contributed by atoms with van der Waals surface area (Å²) in [5.41, 5.74) is 7.28. The van der Waals surface area contributed by atoms with Gasteiger partial charge in [-0.05, 0) is 37.4 Å². The number of halogens is 1. The zero-order valence-electron chi connectivity index (χ0n) is 12.0. The van der Waals surface area contributed by atoms with Crippen molar-refractivity contribution in [3.63, 3.8) is 0 Å². The average molecular weight is 297 g/mol. The molecule has 0 saturated carbocycles. The molecule has 0 spiro atoms. The number of rotatable bonds is 5. The Bertz CT molecular complexity index is 413. The Labute approximate surface area is 126 Å². The molecule has 2 unspecified atom stereocenters. The van der Waals surface area contributed by atoms with Gasteiger partial charge in [0.2, 0.25) is 0 Å². The summed E-state index contributed by atoms with van der Waals surface area (Å²) in [6.07, 6.45) is 5.68. The molecule has 1 aliphatic heterocycles. The lowest BCUT2D eigenvalue weighted by Gasteiger charge is -2.29. The fourth-order valence-electron chi connectivity index (χ4n) is 2.97. The van der Waals surface area contributed by atoms with Crippen molar-refractivity contribution in [1.29, 1.82) is 0 Å². The minimum Gasteiger partial charge on any atom is -0.395 e. The van der Waals surface area contributed by atoms with Crippen molar-refractivity contribution in [2.24, 2.45) is 5.73 Å². The molecule has 0 aliphatic carbocycles. The van der Waals surface area contributed by atoms with Gasteiger partial charge in [0.15, 0.2) is 0 Å². The zero-order chi connectivity index (χ0) is 14.4. The van der Waals surface area contributed by atoms with Gasteiger partial charge < -0.3 is 10.8 Å². The van der Waals surface area contributed by atoms with E-state index in [1.807, 2.05) is 24.3 Å². The molecule has 1 aromatic carbocycles. The number of likely N-dealkylation sites (tertiary alicyclic amines) is 1. The fourth-order valence-corrected chi connectivity index (χ4v) is 3.25. The Balaban J connectivity index is 1.91. The second kappa shape index (κ2) is 7.99. The van der Waals surface area contributed by atoms with Crippen LogP contribution in [0.4, 0.5) is 0 Å². The molecule has 0 radical (unpaired) electrons. The van der Waals surface area contributed by atoms with Crippen LogP contribution >= 0.6 is 11.6 Å². The van der Waals surface area contributed by atoms with Crippen LogP contribution in [-0.4, -0.2) is 35.7 Å². The van der Waals surface area contributed by atoms with E-state index in [4.69, 9.17) is 17.3 Å². The van der Waals surface area contributed by atoms with Crippen LogP contribution < -0.4 is 5.73 Å². The monoisotopic (exact) mass is 296 g/mol. The highest BCUT2D eigenvalue weighted by Gasteiger charge is 2.21. The highest BCUT2D eigenvalue weighted by molar-refractivity contribution is 6.31. The van der Waals surface area contributed by atoms with E-state index in [1.165, 1.54) is 19.3 Å². The van der Waals surface area contributed by atoms with Crippen LogP contribution in [0.25, 0.3) is 0 Å². The number of hydrogen-bond donors (Lipinski definition) is 2. The topological polar surface area (TPSA) is 49.5 Å². The first-order valence-electron chi connectivity index (χ1n) is 7.57. The third-order valence-electron chi connectivity index (χ3n) is 4.24. The molecule has 1 aromatic rings. The van der Waals surface area contributed by atoms with E-state index < -0.39 is 0 Å². The van der Waals surface area contributed by atoms with Crippen LogP contribution in [0.1, 0.15) is 43.7 Å². The molecule has 1 saturated heterocycles. The van der Waals surface area contributed by atoms with Crippen molar-refractivity contribution in [3.8, 4) is 0 Å². The van der Waals surface area contributed by atoms with Crippen LogP contribution in [0, 0.1) is 0 Å². The van der Waals surface area contributed by atoms with Gasteiger partial charge in [-0.25, -0.2) is 0 Å². The van der Waals surface area contributed by atoms with Gasteiger partial charge in [0, 0.05) is 23.7 Å². The Morgan fingerprint density at radius 2 is 2.10 bits per heavy atom. The Morgan fingerprint density at radius 3 is 2.85 bits per heavy atom. The first-order valence-corrected chi connectivity index (χ1v) is 7.95. The third kappa shape index (κ3) is 4.19. The summed E-state index contributed by atoms with van der Waals surface area (Å²) < 4.78 is 0. The number of aliphatic hydroxyl groups excluding tert-OH is 1. The summed E-state index contributed by atoms with van der Waals surface area (Å²) in [6.45, 7) is 2.25. The highest BCUT2D eigenvalue weighted by atomic mass is 35.5. The molecule has 2 atom stereocenters. The number of hydrogen-bond acceptors (Lipinski definition) is 3. The number of benzene rings is 1. The van der Waals surface area contributed by atoms with Gasteiger partial charge >= 0.3 is 0 Å². The largest absolute Gasteiger partial charge is 0.395 e. The van der Waals surface area contributed by atoms with Crippen LogP contribution in [-0.2, 0) is 0 Å². The molecule has 1 fully saturated rings. The van der Waals surface area contributed by atoms with Crippen molar-refractivity contribution < 1.29 is 5.11 Å². The lowest BCUT2D eigenvalue weighted by molar-refractivity contribution is 0.121. The van der Waals surface area contributed by atoms with Crippen molar-refractivity contribution in [2.45, 2.75) is 44.2 Å². The quantitative estimate of drug-likeness (QED) is 0.878. The van der Waals surface area contributed by atoms with E-state index in [2.05, 4.69) is 4.90 Å². The van der Waals surface area contributed by atoms with E-state index in [0.29, 0.717) is 6.04 Å². The van der Waals surface area contributed by atoms with E-state index in [0.717, 1.165) is 36.5 Å². The number of aliphatic hydroxyl groups is 1. The number of nitrogens with zero attached hydrogens (tertiary/aromatic N) is 1. The molecule has 3 N–H and O–H groups in total. The Hall–Kier alpha value is -0.610. The van der Waals surface area contributed by atoms with Gasteiger partial charge in [0.05, 0.1) is 6.61 Å². The van der Waals surface area contributed by atoms with E-state index >= 15 is 0 Å². The normalized spacial score (nSPS) is 22.4. The van der Waals surface area contributed by atoms with Gasteiger partial charge in [-0.15, -0.1) is 0 Å². The summed E-state index contributed by atoms with van der Waals surface area (Å²) >= 11 is 6.19. The molecule has 2 rings (SSSR count). The minimum absolute atomic E-state index is 0.0358. The van der Waals surface area contributed by atoms with Gasteiger partial charge in [-0.1, -0.05) is 42.6 Å². The van der Waals surface area contributed by atoms with Crippen LogP contribution in [0.5, 0.6) is 0 Å². The smallest absolute Gasteiger partial charge is 0.0586 e. The van der Waals surface area contributed by atoms with Gasteiger partial charge in [0.1, 0.15) is 0 Å². The molecule has 20 heavy (non-hydrogen) atoms. The van der Waals surface area contributed by atoms with Crippen molar-refractivity contribution in [1.82, 2.24) is 4.90 Å². The van der Waals surface area contributed by atoms with Gasteiger partial charge in [0.25, 0.3) is 0 Å². The average Bonchev–Trinajstić information content (AvgIpc) is 2.70. The lowest BCUT2D eigenvalue weighted by Crippen LogP contribution is -2.39. The first kappa shape index (κ1) is 15.8. The molecular weight excluding hydrogens is 272 g/mol. The van der Waals surface area contributed by atoms with Crippen LogP contribution in [0.2, 0.25) is 5.02 Å². The second-order valence-electron chi connectivity index (χ2n) is 5.64. The maximum atomic E-state index is 9.52. The Morgan fingerprint density at radius 1 is 1.30 bits per heavy atom. The third-order valence-corrected chi connectivity index (χ3v) is 4.59. The van der Waals surface area contributed by atoms with Crippen LogP contribution in [0.3, 0.4) is 0 Å². The molecule has 3 nitrogen and oxygen atoms in total. The van der Waals surface area contributed by atoms with Crippen molar-refractivity contribution >= 4 is 11.6 Å². The van der Waals surface area contributed by atoms with Gasteiger partial charge in [-0.3, -0.25) is 4.90 Å². The fraction of sp³-hybridized carbons (Fsp3) is 0.625. The van der Waals surface area contributed by atoms with Crippen LogP contribution in [0.15, 0.2) is 24.3 Å². The summed E-state index contributed by atoms with van der Waals surface area (Å²) in [4.78, 5) is 2.39. The maximum Gasteiger partial charge on any atom is 0.0586 e. The molecular formula is C16H25ClN2O. The minimum atomic E-state index is -0.0358. The molecule has 112 valence electrons. The van der Waals surface area contributed by atoms with Gasteiger partial charge in [-0.2, -0.15) is 0 Å².